The highest BCUT2D eigenvalue weighted by molar-refractivity contribution is 6.67. The molecule has 0 amide bonds. The van der Waals surface area contributed by atoms with E-state index in [9.17, 15) is 9.18 Å². The number of hydrogen-bond acceptors (Lipinski definition) is 2. The second-order valence-corrected chi connectivity index (χ2v) is 4.79. The summed E-state index contributed by atoms with van der Waals surface area (Å²) in [5.41, 5.74) is 2.31. The average Bonchev–Trinajstić information content (AvgIpc) is 2.94. The number of aromatic nitrogens is 2. The molecule has 0 saturated heterocycles. The van der Waals surface area contributed by atoms with Gasteiger partial charge in [-0.25, -0.2) is 9.07 Å². The lowest BCUT2D eigenvalue weighted by Crippen LogP contribution is -2.04. The van der Waals surface area contributed by atoms with Crippen LogP contribution in [0.2, 0.25) is 0 Å². The molecule has 3 rings (SSSR count). The Morgan fingerprint density at radius 3 is 2.33 bits per heavy atom. The standard InChI is InChI=1S/C16H10ClFN2O/c17-16(21)15-10-14(11-4-2-1-3-5-11)19-20(15)13-8-6-12(18)7-9-13/h1-10H. The number of carbonyl (C=O) groups excluding carboxylic acids is 1. The minimum atomic E-state index is -0.617. The highest BCUT2D eigenvalue weighted by atomic mass is 35.5. The largest absolute Gasteiger partial charge is 0.274 e. The van der Waals surface area contributed by atoms with E-state index in [1.807, 2.05) is 30.3 Å². The number of hydrogen-bond donors (Lipinski definition) is 0. The summed E-state index contributed by atoms with van der Waals surface area (Å²) in [6.07, 6.45) is 0. The Morgan fingerprint density at radius 2 is 1.71 bits per heavy atom. The molecule has 0 unspecified atom stereocenters. The molecule has 5 heteroatoms. The first-order chi connectivity index (χ1) is 10.1. The van der Waals surface area contributed by atoms with Crippen molar-refractivity contribution in [2.75, 3.05) is 0 Å². The van der Waals surface area contributed by atoms with Crippen molar-refractivity contribution in [1.82, 2.24) is 9.78 Å². The maximum Gasteiger partial charge on any atom is 0.270 e. The Kier molecular flexibility index (Phi) is 3.54. The fourth-order valence-corrected chi connectivity index (χ4v) is 2.18. The summed E-state index contributed by atoms with van der Waals surface area (Å²) in [6.45, 7) is 0. The number of rotatable bonds is 3. The summed E-state index contributed by atoms with van der Waals surface area (Å²) >= 11 is 5.62. The zero-order chi connectivity index (χ0) is 14.8. The van der Waals surface area contributed by atoms with E-state index in [0.29, 0.717) is 11.4 Å². The Bertz CT molecular complexity index is 782. The smallest absolute Gasteiger partial charge is 0.270 e. The Balaban J connectivity index is 2.14. The maximum absolute atomic E-state index is 13.0. The number of benzene rings is 2. The van der Waals surface area contributed by atoms with Crippen LogP contribution in [0.4, 0.5) is 4.39 Å². The zero-order valence-electron chi connectivity index (χ0n) is 10.8. The van der Waals surface area contributed by atoms with Crippen molar-refractivity contribution in [3.63, 3.8) is 0 Å². The number of carbonyl (C=O) groups is 1. The highest BCUT2D eigenvalue weighted by Crippen LogP contribution is 2.22. The van der Waals surface area contributed by atoms with Gasteiger partial charge in [0, 0.05) is 5.56 Å². The van der Waals surface area contributed by atoms with Gasteiger partial charge in [0.2, 0.25) is 0 Å². The molecule has 0 fully saturated rings. The number of nitrogens with zero attached hydrogens (tertiary/aromatic N) is 2. The van der Waals surface area contributed by atoms with Gasteiger partial charge in [-0.15, -0.1) is 0 Å². The molecule has 104 valence electrons. The minimum Gasteiger partial charge on any atom is -0.274 e. The van der Waals surface area contributed by atoms with Gasteiger partial charge < -0.3 is 0 Å². The molecule has 3 aromatic rings. The van der Waals surface area contributed by atoms with Crippen molar-refractivity contribution < 1.29 is 9.18 Å². The first-order valence-electron chi connectivity index (χ1n) is 6.26. The third-order valence-corrected chi connectivity index (χ3v) is 3.25. The fraction of sp³-hybridized carbons (Fsp3) is 0. The van der Waals surface area contributed by atoms with Crippen LogP contribution in [0, 0.1) is 5.82 Å². The van der Waals surface area contributed by atoms with Gasteiger partial charge in [-0.3, -0.25) is 4.79 Å². The third kappa shape index (κ3) is 2.71. The van der Waals surface area contributed by atoms with Gasteiger partial charge in [-0.05, 0) is 41.9 Å². The molecule has 2 aromatic carbocycles. The summed E-state index contributed by atoms with van der Waals surface area (Å²) < 4.78 is 14.4. The van der Waals surface area contributed by atoms with E-state index in [0.717, 1.165) is 5.56 Å². The van der Waals surface area contributed by atoms with Crippen LogP contribution in [0.3, 0.4) is 0 Å². The monoisotopic (exact) mass is 300 g/mol. The lowest BCUT2D eigenvalue weighted by molar-refractivity contribution is 0.107. The Hall–Kier alpha value is -2.46. The van der Waals surface area contributed by atoms with E-state index in [1.165, 1.54) is 16.8 Å². The predicted molar refractivity (Wildman–Crippen MR) is 79.1 cm³/mol. The maximum atomic E-state index is 13.0. The van der Waals surface area contributed by atoms with Gasteiger partial charge in [0.25, 0.3) is 5.24 Å². The molecule has 0 spiro atoms. The molecule has 0 bridgehead atoms. The van der Waals surface area contributed by atoms with Crippen LogP contribution < -0.4 is 0 Å². The number of halogens is 2. The molecule has 0 saturated carbocycles. The van der Waals surface area contributed by atoms with Crippen molar-refractivity contribution in [2.45, 2.75) is 0 Å². The Morgan fingerprint density at radius 1 is 1.05 bits per heavy atom. The SMILES string of the molecule is O=C(Cl)c1cc(-c2ccccc2)nn1-c1ccc(F)cc1. The van der Waals surface area contributed by atoms with Crippen LogP contribution in [0.1, 0.15) is 10.5 Å². The third-order valence-electron chi connectivity index (χ3n) is 3.05. The summed E-state index contributed by atoms with van der Waals surface area (Å²) in [5, 5.41) is 3.77. The van der Waals surface area contributed by atoms with Crippen molar-refractivity contribution in [2.24, 2.45) is 0 Å². The molecule has 1 aromatic heterocycles. The molecule has 21 heavy (non-hydrogen) atoms. The van der Waals surface area contributed by atoms with Crippen LogP contribution in [0.5, 0.6) is 0 Å². The summed E-state index contributed by atoms with van der Waals surface area (Å²) in [5.74, 6) is -0.354. The van der Waals surface area contributed by atoms with Crippen LogP contribution in [0.25, 0.3) is 16.9 Å². The first-order valence-corrected chi connectivity index (χ1v) is 6.64. The summed E-state index contributed by atoms with van der Waals surface area (Å²) in [7, 11) is 0. The van der Waals surface area contributed by atoms with E-state index >= 15 is 0 Å². The van der Waals surface area contributed by atoms with Crippen molar-refractivity contribution in [3.8, 4) is 16.9 Å². The molecular formula is C16H10ClFN2O. The average molecular weight is 301 g/mol. The molecule has 0 aliphatic rings. The van der Waals surface area contributed by atoms with E-state index in [2.05, 4.69) is 5.10 Å². The summed E-state index contributed by atoms with van der Waals surface area (Å²) in [6, 6.07) is 16.8. The predicted octanol–water partition coefficient (Wildman–Crippen LogP) is 4.06. The van der Waals surface area contributed by atoms with Crippen molar-refractivity contribution >= 4 is 16.8 Å². The van der Waals surface area contributed by atoms with Gasteiger partial charge in [-0.1, -0.05) is 30.3 Å². The molecule has 0 radical (unpaired) electrons. The first kappa shape index (κ1) is 13.5. The van der Waals surface area contributed by atoms with Gasteiger partial charge in [0.15, 0.2) is 0 Å². The summed E-state index contributed by atoms with van der Waals surface area (Å²) in [4.78, 5) is 11.6. The zero-order valence-corrected chi connectivity index (χ0v) is 11.6. The van der Waals surface area contributed by atoms with Crippen LogP contribution >= 0.6 is 11.6 Å². The molecule has 1 heterocycles. The van der Waals surface area contributed by atoms with E-state index in [4.69, 9.17) is 11.6 Å². The van der Waals surface area contributed by atoms with Crippen molar-refractivity contribution in [3.05, 3.63) is 72.2 Å². The van der Waals surface area contributed by atoms with Gasteiger partial charge in [0.05, 0.1) is 11.4 Å². The van der Waals surface area contributed by atoms with Gasteiger partial charge in [-0.2, -0.15) is 5.10 Å². The van der Waals surface area contributed by atoms with Crippen LogP contribution in [-0.4, -0.2) is 15.0 Å². The second-order valence-electron chi connectivity index (χ2n) is 4.44. The van der Waals surface area contributed by atoms with Gasteiger partial charge in [0.1, 0.15) is 11.5 Å². The van der Waals surface area contributed by atoms with Crippen LogP contribution in [0.15, 0.2) is 60.7 Å². The van der Waals surface area contributed by atoms with E-state index < -0.39 is 5.24 Å². The molecule has 0 N–H and O–H groups in total. The molecule has 0 aliphatic heterocycles. The van der Waals surface area contributed by atoms with Gasteiger partial charge >= 0.3 is 0 Å². The lowest BCUT2D eigenvalue weighted by atomic mass is 10.1. The second kappa shape index (κ2) is 5.50. The quantitative estimate of drug-likeness (QED) is 0.684. The minimum absolute atomic E-state index is 0.238. The molecular weight excluding hydrogens is 291 g/mol. The van der Waals surface area contributed by atoms with Crippen LogP contribution in [-0.2, 0) is 0 Å². The topological polar surface area (TPSA) is 34.9 Å². The molecule has 0 aliphatic carbocycles. The lowest BCUT2D eigenvalue weighted by Gasteiger charge is -2.03. The fourth-order valence-electron chi connectivity index (χ4n) is 2.05. The normalized spacial score (nSPS) is 10.6. The van der Waals surface area contributed by atoms with E-state index in [1.54, 1.807) is 18.2 Å². The molecule has 3 nitrogen and oxygen atoms in total. The highest BCUT2D eigenvalue weighted by Gasteiger charge is 2.15. The molecule has 0 atom stereocenters. The van der Waals surface area contributed by atoms with Crippen molar-refractivity contribution in [1.29, 1.82) is 0 Å². The van der Waals surface area contributed by atoms with E-state index in [-0.39, 0.29) is 11.5 Å². The Labute approximate surface area is 125 Å².